The molecule has 100 valence electrons. The molecule has 2 fully saturated rings. The smallest absolute Gasteiger partial charge is 0.0219 e. The Hall–Kier alpha value is 0.270. The normalized spacial score (nSPS) is 26.8. The highest BCUT2D eigenvalue weighted by atomic mass is 32.2. The summed E-state index contributed by atoms with van der Waals surface area (Å²) >= 11 is 2.16. The summed E-state index contributed by atoms with van der Waals surface area (Å²) in [5.74, 6) is 1.86. The van der Waals surface area contributed by atoms with Crippen LogP contribution in [0.4, 0.5) is 0 Å². The van der Waals surface area contributed by atoms with Gasteiger partial charge in [-0.1, -0.05) is 25.8 Å². The van der Waals surface area contributed by atoms with Crippen molar-refractivity contribution in [3.63, 3.8) is 0 Å². The van der Waals surface area contributed by atoms with Crippen molar-refractivity contribution >= 4 is 11.9 Å². The Kier molecular flexibility index (Phi) is 5.19. The van der Waals surface area contributed by atoms with Gasteiger partial charge in [0.15, 0.2) is 0 Å². The molecule has 0 saturated carbocycles. The fourth-order valence-corrected chi connectivity index (χ4v) is 4.21. The lowest BCUT2D eigenvalue weighted by atomic mass is 9.87. The Morgan fingerprint density at radius 1 is 0.941 bits per heavy atom. The zero-order valence-corrected chi connectivity index (χ0v) is 12.5. The molecular formula is C14H28N2S. The van der Waals surface area contributed by atoms with E-state index in [-0.39, 0.29) is 0 Å². The van der Waals surface area contributed by atoms with Crippen molar-refractivity contribution in [3.05, 3.63) is 0 Å². The molecule has 2 rings (SSSR count). The van der Waals surface area contributed by atoms with Crippen LogP contribution in [-0.4, -0.2) is 47.7 Å². The maximum absolute atomic E-state index is 2.65. The molecule has 0 bridgehead atoms. The SMILES string of the molecule is CC(C)C1CCN(SC2CCN(C)CC2)CC1. The van der Waals surface area contributed by atoms with Crippen LogP contribution in [0, 0.1) is 11.8 Å². The third kappa shape index (κ3) is 4.15. The van der Waals surface area contributed by atoms with Crippen LogP contribution < -0.4 is 0 Å². The third-order valence-corrected chi connectivity index (χ3v) is 5.84. The Bertz CT molecular complexity index is 216. The van der Waals surface area contributed by atoms with E-state index in [0.717, 1.165) is 17.1 Å². The van der Waals surface area contributed by atoms with Crippen LogP contribution in [0.2, 0.25) is 0 Å². The van der Waals surface area contributed by atoms with Crippen LogP contribution in [-0.2, 0) is 0 Å². The number of likely N-dealkylation sites (tertiary alicyclic amines) is 1. The van der Waals surface area contributed by atoms with Crippen LogP contribution >= 0.6 is 11.9 Å². The van der Waals surface area contributed by atoms with Crippen LogP contribution in [0.5, 0.6) is 0 Å². The van der Waals surface area contributed by atoms with E-state index in [0.29, 0.717) is 0 Å². The number of hydrogen-bond acceptors (Lipinski definition) is 3. The first-order valence-electron chi connectivity index (χ1n) is 7.25. The third-order valence-electron chi connectivity index (χ3n) is 4.41. The Labute approximate surface area is 111 Å². The summed E-state index contributed by atoms with van der Waals surface area (Å²) < 4.78 is 2.65. The lowest BCUT2D eigenvalue weighted by Gasteiger charge is -2.37. The molecule has 2 aliphatic rings. The summed E-state index contributed by atoms with van der Waals surface area (Å²) in [4.78, 5) is 2.46. The second-order valence-corrected chi connectivity index (χ2v) is 7.51. The van der Waals surface area contributed by atoms with Gasteiger partial charge in [-0.3, -0.25) is 4.31 Å². The molecule has 0 radical (unpaired) electrons. The number of nitrogens with zero attached hydrogens (tertiary/aromatic N) is 2. The molecule has 17 heavy (non-hydrogen) atoms. The van der Waals surface area contributed by atoms with Crippen molar-refractivity contribution in [3.8, 4) is 0 Å². The maximum Gasteiger partial charge on any atom is 0.0219 e. The molecule has 2 saturated heterocycles. The highest BCUT2D eigenvalue weighted by molar-refractivity contribution is 7.97. The lowest BCUT2D eigenvalue weighted by Crippen LogP contribution is -2.36. The fourth-order valence-electron chi connectivity index (χ4n) is 2.95. The van der Waals surface area contributed by atoms with E-state index >= 15 is 0 Å². The van der Waals surface area contributed by atoms with E-state index in [1.807, 2.05) is 0 Å². The highest BCUT2D eigenvalue weighted by Crippen LogP contribution is 2.32. The minimum Gasteiger partial charge on any atom is -0.306 e. The first kappa shape index (κ1) is 13.7. The monoisotopic (exact) mass is 256 g/mol. The van der Waals surface area contributed by atoms with Gasteiger partial charge in [0.2, 0.25) is 0 Å². The van der Waals surface area contributed by atoms with Gasteiger partial charge in [0.05, 0.1) is 0 Å². The molecule has 0 aromatic rings. The molecule has 2 heterocycles. The topological polar surface area (TPSA) is 6.48 Å². The minimum absolute atomic E-state index is 0.880. The zero-order chi connectivity index (χ0) is 12.3. The Morgan fingerprint density at radius 2 is 1.53 bits per heavy atom. The average molecular weight is 256 g/mol. The largest absolute Gasteiger partial charge is 0.306 e. The van der Waals surface area contributed by atoms with Crippen LogP contribution in [0.3, 0.4) is 0 Å². The summed E-state index contributed by atoms with van der Waals surface area (Å²) in [5.41, 5.74) is 0. The minimum atomic E-state index is 0.880. The van der Waals surface area contributed by atoms with Crippen molar-refractivity contribution in [2.75, 3.05) is 33.2 Å². The van der Waals surface area contributed by atoms with Gasteiger partial charge < -0.3 is 4.90 Å². The van der Waals surface area contributed by atoms with Gasteiger partial charge in [-0.25, -0.2) is 0 Å². The predicted octanol–water partition coefficient (Wildman–Crippen LogP) is 3.10. The summed E-state index contributed by atoms with van der Waals surface area (Å²) in [6, 6.07) is 0. The quantitative estimate of drug-likeness (QED) is 0.717. The van der Waals surface area contributed by atoms with Gasteiger partial charge >= 0.3 is 0 Å². The first-order valence-corrected chi connectivity index (χ1v) is 8.09. The van der Waals surface area contributed by atoms with E-state index in [2.05, 4.69) is 42.0 Å². The molecule has 3 heteroatoms. The summed E-state index contributed by atoms with van der Waals surface area (Å²) in [5, 5.41) is 0.891. The lowest BCUT2D eigenvalue weighted by molar-refractivity contribution is 0.234. The van der Waals surface area contributed by atoms with E-state index < -0.39 is 0 Å². The first-order chi connectivity index (χ1) is 8.15. The molecule has 0 atom stereocenters. The molecule has 0 aromatic carbocycles. The standard InChI is InChI=1S/C14H28N2S/c1-12(2)13-4-10-16(11-5-13)17-14-6-8-15(3)9-7-14/h12-14H,4-11H2,1-3H3. The Balaban J connectivity index is 1.67. The van der Waals surface area contributed by atoms with Crippen molar-refractivity contribution in [2.24, 2.45) is 11.8 Å². The Morgan fingerprint density at radius 3 is 2.06 bits per heavy atom. The van der Waals surface area contributed by atoms with Crippen LogP contribution in [0.15, 0.2) is 0 Å². The fraction of sp³-hybridized carbons (Fsp3) is 1.00. The maximum atomic E-state index is 2.65. The number of hydrogen-bond donors (Lipinski definition) is 0. The second-order valence-electron chi connectivity index (χ2n) is 6.12. The van der Waals surface area contributed by atoms with E-state index in [1.54, 1.807) is 0 Å². The molecular weight excluding hydrogens is 228 g/mol. The number of piperidine rings is 2. The summed E-state index contributed by atoms with van der Waals surface area (Å²) in [7, 11) is 2.25. The van der Waals surface area contributed by atoms with Crippen molar-refractivity contribution in [1.29, 1.82) is 0 Å². The van der Waals surface area contributed by atoms with Gasteiger partial charge in [-0.05, 0) is 57.7 Å². The molecule has 2 aliphatic heterocycles. The van der Waals surface area contributed by atoms with Crippen LogP contribution in [0.1, 0.15) is 39.5 Å². The highest BCUT2D eigenvalue weighted by Gasteiger charge is 2.25. The van der Waals surface area contributed by atoms with Crippen LogP contribution in [0.25, 0.3) is 0 Å². The molecule has 2 nitrogen and oxygen atoms in total. The van der Waals surface area contributed by atoms with Crippen molar-refractivity contribution in [1.82, 2.24) is 9.21 Å². The van der Waals surface area contributed by atoms with Gasteiger partial charge in [-0.2, -0.15) is 0 Å². The molecule has 0 amide bonds. The van der Waals surface area contributed by atoms with Crippen molar-refractivity contribution < 1.29 is 0 Å². The molecule has 0 aliphatic carbocycles. The number of rotatable bonds is 3. The van der Waals surface area contributed by atoms with Gasteiger partial charge in [0.25, 0.3) is 0 Å². The average Bonchev–Trinajstić information content (AvgIpc) is 2.33. The molecule has 0 N–H and O–H groups in total. The predicted molar refractivity (Wildman–Crippen MR) is 77.2 cm³/mol. The van der Waals surface area contributed by atoms with Gasteiger partial charge in [0, 0.05) is 18.3 Å². The van der Waals surface area contributed by atoms with Gasteiger partial charge in [0.1, 0.15) is 0 Å². The second kappa shape index (κ2) is 6.44. The van der Waals surface area contributed by atoms with Gasteiger partial charge in [-0.15, -0.1) is 0 Å². The summed E-state index contributed by atoms with van der Waals surface area (Å²) in [6.45, 7) is 9.98. The molecule has 0 unspecified atom stereocenters. The van der Waals surface area contributed by atoms with E-state index in [9.17, 15) is 0 Å². The van der Waals surface area contributed by atoms with E-state index in [4.69, 9.17) is 0 Å². The van der Waals surface area contributed by atoms with E-state index in [1.165, 1.54) is 51.9 Å². The van der Waals surface area contributed by atoms with Crippen molar-refractivity contribution in [2.45, 2.75) is 44.8 Å². The zero-order valence-electron chi connectivity index (χ0n) is 11.7. The molecule has 0 aromatic heterocycles. The summed E-state index contributed by atoms with van der Waals surface area (Å²) in [6.07, 6.45) is 5.59. The molecule has 0 spiro atoms.